The number of amides is 1. The summed E-state index contributed by atoms with van der Waals surface area (Å²) in [6.45, 7) is 3.53. The smallest absolute Gasteiger partial charge is 0.224 e. The molecule has 0 bridgehead atoms. The Morgan fingerprint density at radius 2 is 1.93 bits per heavy atom. The van der Waals surface area contributed by atoms with E-state index < -0.39 is 10.0 Å². The minimum Gasteiger partial charge on any atom is -0.355 e. The molecular weight excluding hydrogens is 218 g/mol. The standard InChI is InChI=1S/C8H19N3O3S/c1-6(7(2)9)8(12)11-4-5-15(13,14)10-3/h6-7,10H,4-5,9H2,1-3H3,(H,11,12). The zero-order valence-corrected chi connectivity index (χ0v) is 10.1. The fourth-order valence-electron chi connectivity index (χ4n) is 0.810. The fraction of sp³-hybridized carbons (Fsp3) is 0.875. The maximum atomic E-state index is 11.4. The van der Waals surface area contributed by atoms with Gasteiger partial charge in [-0.1, -0.05) is 6.92 Å². The number of hydrogen-bond acceptors (Lipinski definition) is 4. The molecule has 7 heteroatoms. The van der Waals surface area contributed by atoms with Crippen LogP contribution in [0.2, 0.25) is 0 Å². The molecule has 0 fully saturated rings. The van der Waals surface area contributed by atoms with Crippen LogP contribution in [0, 0.1) is 5.92 Å². The number of rotatable bonds is 6. The van der Waals surface area contributed by atoms with E-state index in [1.165, 1.54) is 7.05 Å². The van der Waals surface area contributed by atoms with Crippen LogP contribution in [0.1, 0.15) is 13.8 Å². The summed E-state index contributed by atoms with van der Waals surface area (Å²) in [5.41, 5.74) is 5.53. The SMILES string of the molecule is CNS(=O)(=O)CCNC(=O)C(C)C(C)N. The monoisotopic (exact) mass is 237 g/mol. The van der Waals surface area contributed by atoms with Gasteiger partial charge >= 0.3 is 0 Å². The van der Waals surface area contributed by atoms with Crippen molar-refractivity contribution >= 4 is 15.9 Å². The molecule has 0 saturated heterocycles. The number of hydrogen-bond donors (Lipinski definition) is 3. The second-order valence-electron chi connectivity index (χ2n) is 3.46. The van der Waals surface area contributed by atoms with E-state index >= 15 is 0 Å². The lowest BCUT2D eigenvalue weighted by molar-refractivity contribution is -0.124. The summed E-state index contributed by atoms with van der Waals surface area (Å²) < 4.78 is 24.2. The highest BCUT2D eigenvalue weighted by Gasteiger charge is 2.17. The fourth-order valence-corrected chi connectivity index (χ4v) is 1.39. The van der Waals surface area contributed by atoms with Crippen molar-refractivity contribution in [3.63, 3.8) is 0 Å². The van der Waals surface area contributed by atoms with Crippen molar-refractivity contribution < 1.29 is 13.2 Å². The predicted octanol–water partition coefficient (Wildman–Crippen LogP) is -1.36. The van der Waals surface area contributed by atoms with Gasteiger partial charge in [0.1, 0.15) is 0 Å². The van der Waals surface area contributed by atoms with Gasteiger partial charge in [0, 0.05) is 18.5 Å². The Morgan fingerprint density at radius 1 is 1.40 bits per heavy atom. The Bertz CT molecular complexity index is 300. The molecule has 2 atom stereocenters. The lowest BCUT2D eigenvalue weighted by atomic mass is 10.0. The number of nitrogens with two attached hydrogens (primary N) is 1. The van der Waals surface area contributed by atoms with Crippen LogP contribution in [0.5, 0.6) is 0 Å². The van der Waals surface area contributed by atoms with Crippen LogP contribution >= 0.6 is 0 Å². The quantitative estimate of drug-likeness (QED) is 0.531. The lowest BCUT2D eigenvalue weighted by Gasteiger charge is -2.15. The van der Waals surface area contributed by atoms with Crippen LogP contribution in [0.15, 0.2) is 0 Å². The third-order valence-corrected chi connectivity index (χ3v) is 3.55. The molecule has 0 aliphatic heterocycles. The van der Waals surface area contributed by atoms with Gasteiger partial charge in [-0.2, -0.15) is 0 Å². The molecule has 2 unspecified atom stereocenters. The molecule has 0 aliphatic carbocycles. The molecular formula is C8H19N3O3S. The molecule has 0 aromatic heterocycles. The highest BCUT2D eigenvalue weighted by atomic mass is 32.2. The van der Waals surface area contributed by atoms with E-state index in [1.807, 2.05) is 0 Å². The molecule has 0 rings (SSSR count). The Labute approximate surface area is 90.7 Å². The van der Waals surface area contributed by atoms with E-state index in [4.69, 9.17) is 5.73 Å². The topological polar surface area (TPSA) is 101 Å². The lowest BCUT2D eigenvalue weighted by Crippen LogP contribution is -2.41. The van der Waals surface area contributed by atoms with Crippen molar-refractivity contribution in [2.45, 2.75) is 19.9 Å². The van der Waals surface area contributed by atoms with Crippen molar-refractivity contribution in [2.75, 3.05) is 19.3 Å². The summed E-state index contributed by atoms with van der Waals surface area (Å²) in [5.74, 6) is -0.667. The van der Waals surface area contributed by atoms with Crippen LogP contribution in [-0.4, -0.2) is 39.7 Å². The zero-order chi connectivity index (χ0) is 12.1. The van der Waals surface area contributed by atoms with Gasteiger partial charge in [0.05, 0.1) is 5.75 Å². The molecule has 0 spiro atoms. The summed E-state index contributed by atoms with van der Waals surface area (Å²) in [4.78, 5) is 11.4. The molecule has 15 heavy (non-hydrogen) atoms. The van der Waals surface area contributed by atoms with Gasteiger partial charge in [-0.15, -0.1) is 0 Å². The maximum Gasteiger partial charge on any atom is 0.224 e. The molecule has 0 aliphatic rings. The summed E-state index contributed by atoms with van der Waals surface area (Å²) >= 11 is 0. The predicted molar refractivity (Wildman–Crippen MR) is 58.7 cm³/mol. The van der Waals surface area contributed by atoms with Crippen LogP contribution in [0.25, 0.3) is 0 Å². The Morgan fingerprint density at radius 3 is 2.33 bits per heavy atom. The molecule has 0 saturated carbocycles. The second kappa shape index (κ2) is 6.04. The molecule has 0 heterocycles. The molecule has 0 radical (unpaired) electrons. The molecule has 0 aromatic carbocycles. The summed E-state index contributed by atoms with van der Waals surface area (Å²) in [5, 5.41) is 2.52. The largest absolute Gasteiger partial charge is 0.355 e. The Kier molecular flexibility index (Phi) is 5.77. The van der Waals surface area contributed by atoms with Gasteiger partial charge < -0.3 is 11.1 Å². The molecule has 0 aromatic rings. The van der Waals surface area contributed by atoms with Crippen molar-refractivity contribution in [2.24, 2.45) is 11.7 Å². The van der Waals surface area contributed by atoms with E-state index in [9.17, 15) is 13.2 Å². The summed E-state index contributed by atoms with van der Waals surface area (Å²) in [6, 6.07) is -0.245. The molecule has 1 amide bonds. The molecule has 4 N–H and O–H groups in total. The highest BCUT2D eigenvalue weighted by Crippen LogP contribution is 1.98. The average Bonchev–Trinajstić information content (AvgIpc) is 2.16. The van der Waals surface area contributed by atoms with Crippen LogP contribution in [-0.2, 0) is 14.8 Å². The van der Waals surface area contributed by atoms with Gasteiger partial charge in [0.2, 0.25) is 15.9 Å². The van der Waals surface area contributed by atoms with E-state index in [0.29, 0.717) is 0 Å². The van der Waals surface area contributed by atoms with Crippen molar-refractivity contribution in [1.82, 2.24) is 10.0 Å². The Hall–Kier alpha value is -0.660. The third kappa shape index (κ3) is 5.71. The number of carbonyl (C=O) groups is 1. The normalized spacial score (nSPS) is 15.7. The first-order valence-electron chi connectivity index (χ1n) is 4.74. The second-order valence-corrected chi connectivity index (χ2v) is 5.51. The first kappa shape index (κ1) is 14.3. The molecule has 6 nitrogen and oxygen atoms in total. The number of sulfonamides is 1. The highest BCUT2D eigenvalue weighted by molar-refractivity contribution is 7.89. The van der Waals surface area contributed by atoms with Crippen molar-refractivity contribution in [1.29, 1.82) is 0 Å². The minimum absolute atomic E-state index is 0.0963. The van der Waals surface area contributed by atoms with Crippen molar-refractivity contribution in [3.05, 3.63) is 0 Å². The zero-order valence-electron chi connectivity index (χ0n) is 9.28. The van der Waals surface area contributed by atoms with Gasteiger partial charge in [0.15, 0.2) is 0 Å². The van der Waals surface area contributed by atoms with E-state index in [1.54, 1.807) is 13.8 Å². The van der Waals surface area contributed by atoms with Crippen molar-refractivity contribution in [3.8, 4) is 0 Å². The maximum absolute atomic E-state index is 11.4. The van der Waals surface area contributed by atoms with Gasteiger partial charge in [-0.25, -0.2) is 13.1 Å². The van der Waals surface area contributed by atoms with Crippen LogP contribution < -0.4 is 15.8 Å². The average molecular weight is 237 g/mol. The van der Waals surface area contributed by atoms with Crippen LogP contribution in [0.3, 0.4) is 0 Å². The summed E-state index contributed by atoms with van der Waals surface area (Å²) in [6.07, 6.45) is 0. The van der Waals surface area contributed by atoms with Crippen LogP contribution in [0.4, 0.5) is 0 Å². The van der Waals surface area contributed by atoms with E-state index in [0.717, 1.165) is 0 Å². The summed E-state index contributed by atoms with van der Waals surface area (Å²) in [7, 11) is -1.92. The number of carbonyl (C=O) groups excluding carboxylic acids is 1. The van der Waals surface area contributed by atoms with Gasteiger partial charge in [-0.05, 0) is 14.0 Å². The first-order chi connectivity index (χ1) is 6.80. The number of nitrogens with one attached hydrogen (secondary N) is 2. The van der Waals surface area contributed by atoms with E-state index in [-0.39, 0.29) is 30.2 Å². The minimum atomic E-state index is -3.26. The van der Waals surface area contributed by atoms with Gasteiger partial charge in [0.25, 0.3) is 0 Å². The van der Waals surface area contributed by atoms with Gasteiger partial charge in [-0.3, -0.25) is 4.79 Å². The first-order valence-corrected chi connectivity index (χ1v) is 6.40. The third-order valence-electron chi connectivity index (χ3n) is 2.18. The Balaban J connectivity index is 3.93. The van der Waals surface area contributed by atoms with E-state index in [2.05, 4.69) is 10.0 Å². The molecule has 90 valence electrons.